The van der Waals surface area contributed by atoms with Crippen LogP contribution in [0.15, 0.2) is 18.2 Å². The van der Waals surface area contributed by atoms with E-state index >= 15 is 0 Å². The summed E-state index contributed by atoms with van der Waals surface area (Å²) in [6.45, 7) is 1.89. The van der Waals surface area contributed by atoms with Crippen LogP contribution in [0, 0.1) is 5.82 Å². The first-order valence-corrected chi connectivity index (χ1v) is 3.72. The molecule has 1 rings (SSSR count). The molecule has 0 spiro atoms. The van der Waals surface area contributed by atoms with Crippen LogP contribution in [0.2, 0.25) is 0 Å². The molecule has 0 aliphatic heterocycles. The number of hydrogen-bond acceptors (Lipinski definition) is 1. The van der Waals surface area contributed by atoms with Crippen LogP contribution in [-0.2, 0) is 6.42 Å². The minimum absolute atomic E-state index is 0.229. The van der Waals surface area contributed by atoms with Gasteiger partial charge < -0.3 is 5.73 Å². The average Bonchev–Trinajstić information content (AvgIpc) is 2.03. The number of amides is 1. The van der Waals surface area contributed by atoms with Crippen LogP contribution in [0.5, 0.6) is 0 Å². The second-order valence-corrected chi connectivity index (χ2v) is 2.57. The minimum atomic E-state index is -0.593. The summed E-state index contributed by atoms with van der Waals surface area (Å²) in [4.78, 5) is 10.7. The van der Waals surface area contributed by atoms with Gasteiger partial charge in [-0.05, 0) is 30.2 Å². The molecule has 1 aromatic rings. The highest BCUT2D eigenvalue weighted by molar-refractivity contribution is 5.92. The lowest BCUT2D eigenvalue weighted by Crippen LogP contribution is -2.11. The van der Waals surface area contributed by atoms with E-state index in [2.05, 4.69) is 0 Å². The Hall–Kier alpha value is -1.38. The summed E-state index contributed by atoms with van der Waals surface area (Å²) in [7, 11) is 0. The fourth-order valence-corrected chi connectivity index (χ4v) is 0.997. The maximum Gasteiger partial charge on any atom is 0.248 e. The number of carbonyl (C=O) groups is 1. The van der Waals surface area contributed by atoms with Crippen molar-refractivity contribution in [3.63, 3.8) is 0 Å². The number of rotatable bonds is 2. The quantitative estimate of drug-likeness (QED) is 0.712. The Balaban J connectivity index is 3.15. The van der Waals surface area contributed by atoms with Crippen molar-refractivity contribution in [3.05, 3.63) is 35.1 Å². The number of carbonyl (C=O) groups excluding carboxylic acids is 1. The van der Waals surface area contributed by atoms with E-state index < -0.39 is 11.7 Å². The summed E-state index contributed by atoms with van der Waals surface area (Å²) in [6.07, 6.45) is 0.692. The van der Waals surface area contributed by atoms with E-state index in [1.165, 1.54) is 6.07 Å². The van der Waals surface area contributed by atoms with Crippen LogP contribution in [0.1, 0.15) is 22.8 Å². The van der Waals surface area contributed by atoms with Gasteiger partial charge in [0.25, 0.3) is 0 Å². The minimum Gasteiger partial charge on any atom is -0.366 e. The van der Waals surface area contributed by atoms with E-state index in [0.717, 1.165) is 11.6 Å². The van der Waals surface area contributed by atoms with E-state index in [1.807, 2.05) is 6.92 Å². The second-order valence-electron chi connectivity index (χ2n) is 2.57. The van der Waals surface area contributed by atoms with Gasteiger partial charge >= 0.3 is 0 Å². The van der Waals surface area contributed by atoms with E-state index in [4.69, 9.17) is 5.73 Å². The Morgan fingerprint density at radius 3 is 2.67 bits per heavy atom. The summed E-state index contributed by atoms with van der Waals surface area (Å²) in [5.74, 6) is -1.01. The molecule has 1 amide bonds. The van der Waals surface area contributed by atoms with Gasteiger partial charge in [0.05, 0.1) is 0 Å². The van der Waals surface area contributed by atoms with Crippen LogP contribution < -0.4 is 5.73 Å². The zero-order valence-electron chi connectivity index (χ0n) is 6.80. The molecule has 2 nitrogen and oxygen atoms in total. The van der Waals surface area contributed by atoms with Crippen molar-refractivity contribution in [1.82, 2.24) is 0 Å². The van der Waals surface area contributed by atoms with Gasteiger partial charge in [0.2, 0.25) is 5.91 Å². The third-order valence-electron chi connectivity index (χ3n) is 1.65. The number of halogens is 1. The fraction of sp³-hybridized carbons (Fsp3) is 0.222. The molecule has 1 aromatic carbocycles. The molecular formula is C9H10FNO. The molecule has 0 aliphatic rings. The van der Waals surface area contributed by atoms with Crippen molar-refractivity contribution in [2.24, 2.45) is 5.73 Å². The van der Waals surface area contributed by atoms with Gasteiger partial charge in [-0.2, -0.15) is 0 Å². The number of hydrogen-bond donors (Lipinski definition) is 1. The summed E-state index contributed by atoms with van der Waals surface area (Å²) in [5, 5.41) is 0. The lowest BCUT2D eigenvalue weighted by Gasteiger charge is -1.99. The molecule has 0 heterocycles. The first-order chi connectivity index (χ1) is 5.63. The van der Waals surface area contributed by atoms with Gasteiger partial charge in [0.15, 0.2) is 0 Å². The third-order valence-corrected chi connectivity index (χ3v) is 1.65. The van der Waals surface area contributed by atoms with Crippen LogP contribution in [-0.4, -0.2) is 5.91 Å². The highest BCUT2D eigenvalue weighted by atomic mass is 19.1. The van der Waals surface area contributed by atoms with E-state index in [9.17, 15) is 9.18 Å². The average molecular weight is 167 g/mol. The van der Waals surface area contributed by atoms with Crippen molar-refractivity contribution in [2.75, 3.05) is 0 Å². The lowest BCUT2D eigenvalue weighted by molar-refractivity contribution is 0.1000. The molecule has 12 heavy (non-hydrogen) atoms. The van der Waals surface area contributed by atoms with Crippen molar-refractivity contribution >= 4 is 5.91 Å². The van der Waals surface area contributed by atoms with Crippen LogP contribution in [0.25, 0.3) is 0 Å². The molecule has 0 aromatic heterocycles. The number of nitrogens with two attached hydrogens (primary N) is 1. The van der Waals surface area contributed by atoms with Crippen LogP contribution in [0.3, 0.4) is 0 Å². The molecule has 0 radical (unpaired) electrons. The predicted octanol–water partition coefficient (Wildman–Crippen LogP) is 1.49. The van der Waals surface area contributed by atoms with Crippen LogP contribution in [0.4, 0.5) is 4.39 Å². The normalized spacial score (nSPS) is 9.83. The van der Waals surface area contributed by atoms with E-state index in [0.29, 0.717) is 6.42 Å². The molecule has 0 bridgehead atoms. The summed E-state index contributed by atoms with van der Waals surface area (Å²) in [6, 6.07) is 4.14. The number of aryl methyl sites for hydroxylation is 1. The van der Waals surface area contributed by atoms with Crippen molar-refractivity contribution in [2.45, 2.75) is 13.3 Å². The number of primary amides is 1. The van der Waals surface area contributed by atoms with Gasteiger partial charge in [-0.25, -0.2) is 4.39 Å². The third kappa shape index (κ3) is 1.81. The summed E-state index contributed by atoms with van der Waals surface area (Å²) < 4.78 is 12.8. The van der Waals surface area contributed by atoms with E-state index in [-0.39, 0.29) is 5.56 Å². The summed E-state index contributed by atoms with van der Waals surface area (Å²) >= 11 is 0. The van der Waals surface area contributed by atoms with Crippen LogP contribution >= 0.6 is 0 Å². The van der Waals surface area contributed by atoms with Gasteiger partial charge in [-0.3, -0.25) is 4.79 Å². The van der Waals surface area contributed by atoms with Gasteiger partial charge in [-0.15, -0.1) is 0 Å². The maximum absolute atomic E-state index is 12.8. The Morgan fingerprint density at radius 2 is 2.17 bits per heavy atom. The molecule has 2 N–H and O–H groups in total. The molecule has 0 unspecified atom stereocenters. The van der Waals surface area contributed by atoms with Gasteiger partial charge in [0.1, 0.15) is 5.82 Å². The fourth-order valence-electron chi connectivity index (χ4n) is 0.997. The highest BCUT2D eigenvalue weighted by Gasteiger charge is 2.03. The first-order valence-electron chi connectivity index (χ1n) is 3.72. The Labute approximate surface area is 70.2 Å². The van der Waals surface area contributed by atoms with Crippen molar-refractivity contribution < 1.29 is 9.18 Å². The first kappa shape index (κ1) is 8.71. The summed E-state index contributed by atoms with van der Waals surface area (Å²) in [5.41, 5.74) is 6.01. The zero-order valence-corrected chi connectivity index (χ0v) is 6.80. The highest BCUT2D eigenvalue weighted by Crippen LogP contribution is 2.09. The molecule has 0 atom stereocenters. The van der Waals surface area contributed by atoms with Crippen molar-refractivity contribution in [3.8, 4) is 0 Å². The van der Waals surface area contributed by atoms with Gasteiger partial charge in [0, 0.05) is 5.56 Å². The Kier molecular flexibility index (Phi) is 2.43. The maximum atomic E-state index is 12.8. The molecule has 64 valence electrons. The largest absolute Gasteiger partial charge is 0.366 e. The lowest BCUT2D eigenvalue weighted by atomic mass is 10.1. The standard InChI is InChI=1S/C9H10FNO/c1-2-6-3-7(9(11)12)5-8(10)4-6/h3-5H,2H2,1H3,(H2,11,12). The Bertz CT molecular complexity index is 309. The molecule has 0 fully saturated rings. The predicted molar refractivity (Wildman–Crippen MR) is 44.3 cm³/mol. The molecule has 3 heteroatoms. The van der Waals surface area contributed by atoms with E-state index in [1.54, 1.807) is 6.07 Å². The molecule has 0 aliphatic carbocycles. The molecular weight excluding hydrogens is 157 g/mol. The van der Waals surface area contributed by atoms with Crippen molar-refractivity contribution in [1.29, 1.82) is 0 Å². The molecule has 0 saturated carbocycles. The topological polar surface area (TPSA) is 43.1 Å². The second kappa shape index (κ2) is 3.34. The number of benzene rings is 1. The molecule has 0 saturated heterocycles. The monoisotopic (exact) mass is 167 g/mol. The van der Waals surface area contributed by atoms with Gasteiger partial charge in [-0.1, -0.05) is 6.92 Å². The SMILES string of the molecule is CCc1cc(F)cc(C(N)=O)c1. The smallest absolute Gasteiger partial charge is 0.248 e. The Morgan fingerprint density at radius 1 is 1.50 bits per heavy atom. The zero-order chi connectivity index (χ0) is 9.14.